The number of rotatable bonds is 0. The highest BCUT2D eigenvalue weighted by Crippen LogP contribution is 2.25. The molecule has 3 aromatic carbocycles. The number of carbonyl (C=O) groups excluding carboxylic acids is 2. The molecule has 14 heteroatoms. The van der Waals surface area contributed by atoms with Crippen molar-refractivity contribution >= 4 is 11.8 Å². The maximum Gasteiger partial charge on any atom is 0.251 e. The molecule has 0 saturated heterocycles. The molecule has 0 atom stereocenters. The van der Waals surface area contributed by atoms with Crippen LogP contribution in [0.2, 0.25) is 0 Å². The van der Waals surface area contributed by atoms with Gasteiger partial charge in [0.15, 0.2) is 0 Å². The summed E-state index contributed by atoms with van der Waals surface area (Å²) in [7, 11) is 0. The standard InChI is InChI=1S/C40H52N2O12/c43-39-33-2-1-3-34(28-33)40(44)42-7-5-32-26-37-30-38(27-32)54-23-19-50-15-11-46-9-13-48-17-21-52-36-25-31(4-6-41-39)24-35(29-36)51-20-16-47-12-8-45-10-14-49-18-22-53-37/h1-3,24-30H,4-23H2,(H,41,43)(H,42,44). The van der Waals surface area contributed by atoms with E-state index in [1.807, 2.05) is 36.4 Å². The van der Waals surface area contributed by atoms with E-state index in [1.165, 1.54) is 0 Å². The van der Waals surface area contributed by atoms with Crippen molar-refractivity contribution in [3.05, 3.63) is 82.9 Å². The van der Waals surface area contributed by atoms with Crippen LogP contribution in [0, 0.1) is 0 Å². The summed E-state index contributed by atoms with van der Waals surface area (Å²) in [5, 5.41) is 5.93. The van der Waals surface area contributed by atoms with E-state index in [2.05, 4.69) is 10.6 Å². The Hall–Kier alpha value is -4.44. The summed E-state index contributed by atoms with van der Waals surface area (Å²) >= 11 is 0. The molecule has 2 aliphatic heterocycles. The van der Waals surface area contributed by atoms with E-state index >= 15 is 0 Å². The van der Waals surface area contributed by atoms with Gasteiger partial charge in [-0.25, -0.2) is 0 Å². The van der Waals surface area contributed by atoms with Crippen LogP contribution in [-0.2, 0) is 41.3 Å². The lowest BCUT2D eigenvalue weighted by atomic mass is 10.1. The number of carbonyl (C=O) groups is 2. The van der Waals surface area contributed by atoms with Crippen molar-refractivity contribution < 1.29 is 57.0 Å². The van der Waals surface area contributed by atoms with Crippen molar-refractivity contribution in [2.75, 3.05) is 119 Å². The van der Waals surface area contributed by atoms with E-state index in [4.69, 9.17) is 47.4 Å². The zero-order valence-electron chi connectivity index (χ0n) is 30.8. The van der Waals surface area contributed by atoms with Gasteiger partial charge < -0.3 is 58.0 Å². The van der Waals surface area contributed by atoms with Crippen LogP contribution in [0.15, 0.2) is 60.7 Å². The quantitative estimate of drug-likeness (QED) is 0.347. The van der Waals surface area contributed by atoms with Crippen molar-refractivity contribution in [1.29, 1.82) is 0 Å². The van der Waals surface area contributed by atoms with E-state index in [9.17, 15) is 9.59 Å². The molecule has 2 heterocycles. The third kappa shape index (κ3) is 15.5. The molecule has 0 radical (unpaired) electrons. The highest BCUT2D eigenvalue weighted by atomic mass is 16.6. The Bertz CT molecular complexity index is 1400. The predicted octanol–water partition coefficient (Wildman–Crippen LogP) is 3.27. The molecule has 0 spiro atoms. The highest BCUT2D eigenvalue weighted by Gasteiger charge is 2.12. The smallest absolute Gasteiger partial charge is 0.251 e. The number of amides is 2. The van der Waals surface area contributed by atoms with Crippen LogP contribution in [-0.4, -0.2) is 131 Å². The minimum atomic E-state index is -0.282. The zero-order valence-corrected chi connectivity index (χ0v) is 30.8. The van der Waals surface area contributed by atoms with Gasteiger partial charge >= 0.3 is 0 Å². The topological polar surface area (TPSA) is 151 Å². The Kier molecular flexibility index (Phi) is 18.2. The Morgan fingerprint density at radius 2 is 0.667 bits per heavy atom. The van der Waals surface area contributed by atoms with Crippen molar-refractivity contribution in [2.24, 2.45) is 0 Å². The summed E-state index contributed by atoms with van der Waals surface area (Å²) in [6.07, 6.45) is 1.04. The third-order valence-electron chi connectivity index (χ3n) is 8.14. The van der Waals surface area contributed by atoms with E-state index in [0.29, 0.717) is 166 Å². The zero-order chi connectivity index (χ0) is 37.5. The van der Waals surface area contributed by atoms with Gasteiger partial charge in [0.1, 0.15) is 49.4 Å². The molecule has 8 bridgehead atoms. The average Bonchev–Trinajstić information content (AvgIpc) is 3.17. The fourth-order valence-electron chi connectivity index (χ4n) is 5.49. The van der Waals surface area contributed by atoms with Gasteiger partial charge in [0, 0.05) is 36.3 Å². The predicted molar refractivity (Wildman–Crippen MR) is 198 cm³/mol. The number of hydrogen-bond acceptors (Lipinski definition) is 12. The molecule has 0 fully saturated rings. The van der Waals surface area contributed by atoms with Crippen LogP contribution >= 0.6 is 0 Å². The van der Waals surface area contributed by atoms with Crippen LogP contribution in [0.25, 0.3) is 0 Å². The van der Waals surface area contributed by atoms with Crippen LogP contribution in [0.3, 0.4) is 0 Å². The molecule has 5 rings (SSSR count). The van der Waals surface area contributed by atoms with Crippen molar-refractivity contribution in [3.8, 4) is 23.0 Å². The first kappa shape index (κ1) is 40.7. The van der Waals surface area contributed by atoms with Crippen LogP contribution in [0.4, 0.5) is 0 Å². The van der Waals surface area contributed by atoms with Gasteiger partial charge in [0.25, 0.3) is 11.8 Å². The van der Waals surface area contributed by atoms with Crippen LogP contribution in [0.1, 0.15) is 31.8 Å². The van der Waals surface area contributed by atoms with Gasteiger partial charge in [-0.1, -0.05) is 6.07 Å². The molecule has 0 saturated carbocycles. The largest absolute Gasteiger partial charge is 0.491 e. The molecule has 2 N–H and O–H groups in total. The summed E-state index contributed by atoms with van der Waals surface area (Å²) in [6, 6.07) is 18.0. The molecule has 54 heavy (non-hydrogen) atoms. The summed E-state index contributed by atoms with van der Waals surface area (Å²) in [5.41, 5.74) is 2.61. The fraction of sp³-hybridized carbons (Fsp3) is 0.500. The lowest BCUT2D eigenvalue weighted by Crippen LogP contribution is -2.28. The average molecular weight is 753 g/mol. The molecular weight excluding hydrogens is 700 g/mol. The second-order valence-corrected chi connectivity index (χ2v) is 12.3. The SMILES string of the molecule is O=C1NCCc2cc3cc(c2)OCCOCCOCCOCCOc2cc(cc(c2)OCCOCCOCCOCCO3)CCNC(=O)c2cccc1c2. The molecule has 0 aliphatic carbocycles. The molecule has 294 valence electrons. The molecule has 0 unspecified atom stereocenters. The van der Waals surface area contributed by atoms with Gasteiger partial charge in [-0.05, 0) is 66.4 Å². The van der Waals surface area contributed by atoms with Crippen LogP contribution < -0.4 is 29.6 Å². The van der Waals surface area contributed by atoms with E-state index < -0.39 is 0 Å². The van der Waals surface area contributed by atoms with Crippen LogP contribution in [0.5, 0.6) is 23.0 Å². The maximum absolute atomic E-state index is 13.1. The Morgan fingerprint density at radius 1 is 0.370 bits per heavy atom. The second kappa shape index (κ2) is 24.1. The first-order valence-electron chi connectivity index (χ1n) is 18.5. The summed E-state index contributed by atoms with van der Waals surface area (Å²) < 4.78 is 58.0. The molecule has 14 nitrogen and oxygen atoms in total. The van der Waals surface area contributed by atoms with Gasteiger partial charge in [-0.2, -0.15) is 0 Å². The maximum atomic E-state index is 13.1. The van der Waals surface area contributed by atoms with Gasteiger partial charge in [-0.15, -0.1) is 0 Å². The Balaban J connectivity index is 1.31. The second-order valence-electron chi connectivity index (χ2n) is 12.3. The minimum absolute atomic E-state index is 0.282. The number of hydrogen-bond donors (Lipinski definition) is 2. The fourth-order valence-corrected chi connectivity index (χ4v) is 5.49. The summed E-state index contributed by atoms with van der Waals surface area (Å²) in [4.78, 5) is 26.2. The normalized spacial score (nSPS) is 18.9. The number of nitrogens with one attached hydrogen (secondary N) is 2. The Morgan fingerprint density at radius 3 is 0.981 bits per heavy atom. The van der Waals surface area contributed by atoms with E-state index in [1.54, 1.807) is 24.3 Å². The van der Waals surface area contributed by atoms with Gasteiger partial charge in [-0.3, -0.25) is 9.59 Å². The Labute approximate surface area is 316 Å². The molecule has 2 aliphatic rings. The number of ether oxygens (including phenoxy) is 10. The van der Waals surface area contributed by atoms with Crippen molar-refractivity contribution in [3.63, 3.8) is 0 Å². The van der Waals surface area contributed by atoms with E-state index in [0.717, 1.165) is 11.1 Å². The first-order valence-corrected chi connectivity index (χ1v) is 18.5. The lowest BCUT2D eigenvalue weighted by molar-refractivity contribution is 0.00433. The molecular formula is C40H52N2O12. The highest BCUT2D eigenvalue weighted by molar-refractivity contribution is 5.99. The first-order chi connectivity index (χ1) is 26.6. The van der Waals surface area contributed by atoms with Crippen molar-refractivity contribution in [2.45, 2.75) is 12.8 Å². The van der Waals surface area contributed by atoms with Gasteiger partial charge in [0.2, 0.25) is 0 Å². The third-order valence-corrected chi connectivity index (χ3v) is 8.14. The lowest BCUT2D eigenvalue weighted by Gasteiger charge is -2.14. The molecule has 0 aromatic heterocycles. The minimum Gasteiger partial charge on any atom is -0.491 e. The summed E-state index contributed by atoms with van der Waals surface area (Å²) in [5.74, 6) is 1.92. The monoisotopic (exact) mass is 752 g/mol. The number of fused-ring (bicyclic) bond motifs is 10. The van der Waals surface area contributed by atoms with Crippen molar-refractivity contribution in [1.82, 2.24) is 10.6 Å². The molecule has 2 amide bonds. The van der Waals surface area contributed by atoms with E-state index in [-0.39, 0.29) is 11.8 Å². The summed E-state index contributed by atoms with van der Waals surface area (Å²) in [6.45, 7) is 6.94. The number of benzene rings is 3. The molecule has 3 aromatic rings. The van der Waals surface area contributed by atoms with Gasteiger partial charge in [0.05, 0.1) is 79.3 Å².